The summed E-state index contributed by atoms with van der Waals surface area (Å²) in [5, 5.41) is 6.69. The summed E-state index contributed by atoms with van der Waals surface area (Å²) in [5.74, 6) is 0.316. The minimum atomic E-state index is -0.870. The summed E-state index contributed by atoms with van der Waals surface area (Å²) in [5.41, 5.74) is 13.0. The molecule has 36 heavy (non-hydrogen) atoms. The second-order valence-corrected chi connectivity index (χ2v) is 8.96. The van der Waals surface area contributed by atoms with E-state index < -0.39 is 11.3 Å². The molecule has 190 valence electrons. The van der Waals surface area contributed by atoms with E-state index in [1.54, 1.807) is 11.7 Å². The third-order valence-electron chi connectivity index (χ3n) is 6.70. The van der Waals surface area contributed by atoms with Crippen molar-refractivity contribution >= 4 is 40.1 Å². The highest BCUT2D eigenvalue weighted by Gasteiger charge is 2.24. The minimum absolute atomic E-state index is 0.0176. The number of nitrogens with two attached hydrogens (primary N) is 2. The van der Waals surface area contributed by atoms with Gasteiger partial charge in [0.05, 0.1) is 31.4 Å². The van der Waals surface area contributed by atoms with Crippen LogP contribution in [0.1, 0.15) is 16.8 Å². The van der Waals surface area contributed by atoms with Crippen LogP contribution in [0.25, 0.3) is 11.0 Å². The molecule has 0 spiro atoms. The number of hydrogen-bond acceptors (Lipinski definition) is 10. The molecule has 0 aliphatic carbocycles. The van der Waals surface area contributed by atoms with Gasteiger partial charge in [-0.25, -0.2) is 4.98 Å². The van der Waals surface area contributed by atoms with Crippen LogP contribution >= 0.6 is 0 Å². The molecule has 12 heteroatoms. The second-order valence-electron chi connectivity index (χ2n) is 8.96. The van der Waals surface area contributed by atoms with Gasteiger partial charge in [-0.05, 0) is 37.6 Å². The number of methoxy groups -OCH3 is 1. The van der Waals surface area contributed by atoms with Crippen molar-refractivity contribution in [1.82, 2.24) is 19.9 Å². The summed E-state index contributed by atoms with van der Waals surface area (Å²) in [4.78, 5) is 36.2. The Balaban J connectivity index is 1.53. The van der Waals surface area contributed by atoms with Crippen molar-refractivity contribution in [1.29, 1.82) is 0 Å². The molecule has 2 aromatic heterocycles. The van der Waals surface area contributed by atoms with Gasteiger partial charge in [0.2, 0.25) is 11.4 Å². The maximum Gasteiger partial charge on any atom is 0.256 e. The lowest BCUT2D eigenvalue weighted by molar-refractivity contribution is 0.0999. The maximum absolute atomic E-state index is 13.0. The van der Waals surface area contributed by atoms with E-state index in [4.69, 9.17) is 20.9 Å². The van der Waals surface area contributed by atoms with Gasteiger partial charge in [-0.15, -0.1) is 0 Å². The minimum Gasteiger partial charge on any atom is -0.494 e. The van der Waals surface area contributed by atoms with Gasteiger partial charge in [0, 0.05) is 37.6 Å². The van der Waals surface area contributed by atoms with Crippen LogP contribution in [0, 0.1) is 5.92 Å². The standard InChI is InChI=1S/C24H30N8O4/c1-35-18-10-15(31-6-8-36-9-7-31)2-3-17(18)29-24-28-12-16-20(33)19(22(26)34)21(25)32(23(16)30-24)13-14-4-5-27-11-14/h2-3,10,12,14,27H,4-9,11,13,25H2,1H3,(H2,26,34)(H,28,29,30). The fraction of sp³-hybridized carbons (Fsp3) is 0.417. The molecule has 3 aromatic rings. The highest BCUT2D eigenvalue weighted by Crippen LogP contribution is 2.32. The van der Waals surface area contributed by atoms with Crippen LogP contribution in [0.3, 0.4) is 0 Å². The van der Waals surface area contributed by atoms with Gasteiger partial charge < -0.3 is 41.0 Å². The number of benzene rings is 1. The Morgan fingerprint density at radius 1 is 1.33 bits per heavy atom. The average molecular weight is 495 g/mol. The molecule has 2 aliphatic heterocycles. The first-order chi connectivity index (χ1) is 17.5. The molecule has 2 fully saturated rings. The van der Waals surface area contributed by atoms with Gasteiger partial charge in [-0.1, -0.05) is 0 Å². The number of nitrogens with zero attached hydrogens (tertiary/aromatic N) is 4. The second kappa shape index (κ2) is 9.99. The van der Waals surface area contributed by atoms with Crippen molar-refractivity contribution in [3.63, 3.8) is 0 Å². The molecule has 12 nitrogen and oxygen atoms in total. The number of carbonyl (C=O) groups excluding carboxylic acids is 1. The number of aromatic nitrogens is 3. The van der Waals surface area contributed by atoms with Crippen LogP contribution < -0.4 is 37.2 Å². The predicted octanol–water partition coefficient (Wildman–Crippen LogP) is 0.671. The Morgan fingerprint density at radius 2 is 2.14 bits per heavy atom. The number of morpholine rings is 1. The third kappa shape index (κ3) is 4.52. The number of carbonyl (C=O) groups is 1. The fourth-order valence-electron chi connectivity index (χ4n) is 4.77. The number of amides is 1. The quantitative estimate of drug-likeness (QED) is 0.367. The molecule has 1 atom stereocenters. The van der Waals surface area contributed by atoms with E-state index in [1.165, 1.54) is 6.20 Å². The van der Waals surface area contributed by atoms with E-state index in [0.29, 0.717) is 36.8 Å². The molecular weight excluding hydrogens is 464 g/mol. The SMILES string of the molecule is COc1cc(N2CCOCC2)ccc1Nc1ncc2c(=O)c(C(N)=O)c(N)n(CC3CCNC3)c2n1. The number of rotatable bonds is 7. The van der Waals surface area contributed by atoms with Gasteiger partial charge in [0.1, 0.15) is 17.1 Å². The highest BCUT2D eigenvalue weighted by molar-refractivity contribution is 6.00. The monoisotopic (exact) mass is 494 g/mol. The van der Waals surface area contributed by atoms with Crippen LogP contribution in [0.15, 0.2) is 29.2 Å². The summed E-state index contributed by atoms with van der Waals surface area (Å²) in [6, 6.07) is 5.85. The lowest BCUT2D eigenvalue weighted by Crippen LogP contribution is -2.36. The normalized spacial score (nSPS) is 17.9. The van der Waals surface area contributed by atoms with Crippen LogP contribution in [0.5, 0.6) is 5.75 Å². The molecule has 0 bridgehead atoms. The Bertz CT molecular complexity index is 1350. The molecule has 1 unspecified atom stereocenters. The first kappa shape index (κ1) is 23.8. The van der Waals surface area contributed by atoms with Crippen molar-refractivity contribution in [3.8, 4) is 5.75 Å². The van der Waals surface area contributed by atoms with Gasteiger partial charge in [-0.3, -0.25) is 9.59 Å². The van der Waals surface area contributed by atoms with E-state index in [0.717, 1.165) is 38.3 Å². The molecule has 1 aromatic carbocycles. The number of anilines is 4. The molecule has 0 radical (unpaired) electrons. The number of nitrogen functional groups attached to an aromatic ring is 1. The third-order valence-corrected chi connectivity index (χ3v) is 6.70. The van der Waals surface area contributed by atoms with E-state index in [9.17, 15) is 9.59 Å². The molecule has 2 aliphatic rings. The summed E-state index contributed by atoms with van der Waals surface area (Å²) in [6.45, 7) is 5.19. The lowest BCUT2D eigenvalue weighted by Gasteiger charge is -2.29. The molecule has 2 saturated heterocycles. The Morgan fingerprint density at radius 3 is 2.83 bits per heavy atom. The van der Waals surface area contributed by atoms with Crippen molar-refractivity contribution in [2.75, 3.05) is 62.5 Å². The lowest BCUT2D eigenvalue weighted by atomic mass is 10.1. The smallest absolute Gasteiger partial charge is 0.256 e. The van der Waals surface area contributed by atoms with Crippen LogP contribution in [-0.4, -0.2) is 66.9 Å². The van der Waals surface area contributed by atoms with Crippen molar-refractivity contribution in [2.45, 2.75) is 13.0 Å². The molecular formula is C24H30N8O4. The zero-order valence-electron chi connectivity index (χ0n) is 20.1. The van der Waals surface area contributed by atoms with Crippen molar-refractivity contribution in [3.05, 3.63) is 40.2 Å². The van der Waals surface area contributed by atoms with E-state index in [-0.39, 0.29) is 28.6 Å². The van der Waals surface area contributed by atoms with Gasteiger partial charge >= 0.3 is 0 Å². The number of pyridine rings is 1. The highest BCUT2D eigenvalue weighted by atomic mass is 16.5. The average Bonchev–Trinajstić information content (AvgIpc) is 3.40. The summed E-state index contributed by atoms with van der Waals surface area (Å²) in [6.07, 6.45) is 2.35. The summed E-state index contributed by atoms with van der Waals surface area (Å²) < 4.78 is 12.8. The van der Waals surface area contributed by atoms with Crippen LogP contribution in [0.2, 0.25) is 0 Å². The van der Waals surface area contributed by atoms with Gasteiger partial charge in [0.15, 0.2) is 5.65 Å². The number of ether oxygens (including phenoxy) is 2. The van der Waals surface area contributed by atoms with E-state index in [1.807, 2.05) is 18.2 Å². The van der Waals surface area contributed by atoms with Crippen LogP contribution in [-0.2, 0) is 11.3 Å². The van der Waals surface area contributed by atoms with E-state index in [2.05, 4.69) is 25.5 Å². The number of hydrogen-bond donors (Lipinski definition) is 4. The van der Waals surface area contributed by atoms with Crippen molar-refractivity contribution < 1.29 is 14.3 Å². The number of primary amides is 1. The number of nitrogens with one attached hydrogen (secondary N) is 2. The van der Waals surface area contributed by atoms with Gasteiger partial charge in [-0.2, -0.15) is 4.98 Å². The Labute approximate surface area is 207 Å². The molecule has 0 saturated carbocycles. The molecule has 6 N–H and O–H groups in total. The number of fused-ring (bicyclic) bond motifs is 1. The summed E-state index contributed by atoms with van der Waals surface area (Å²) >= 11 is 0. The largest absolute Gasteiger partial charge is 0.494 e. The van der Waals surface area contributed by atoms with E-state index >= 15 is 0 Å². The maximum atomic E-state index is 13.0. The Hall–Kier alpha value is -3.90. The Kier molecular flexibility index (Phi) is 6.61. The zero-order valence-corrected chi connectivity index (χ0v) is 20.1. The topological polar surface area (TPSA) is 163 Å². The predicted molar refractivity (Wildman–Crippen MR) is 137 cm³/mol. The van der Waals surface area contributed by atoms with Gasteiger partial charge in [0.25, 0.3) is 5.91 Å². The van der Waals surface area contributed by atoms with Crippen molar-refractivity contribution in [2.24, 2.45) is 11.7 Å². The fourth-order valence-corrected chi connectivity index (χ4v) is 4.77. The molecule has 4 heterocycles. The summed E-state index contributed by atoms with van der Waals surface area (Å²) in [7, 11) is 1.60. The first-order valence-electron chi connectivity index (χ1n) is 11.9. The molecule has 1 amide bonds. The molecule has 5 rings (SSSR count). The zero-order chi connectivity index (χ0) is 25.2. The van der Waals surface area contributed by atoms with Crippen LogP contribution in [0.4, 0.5) is 23.1 Å². The first-order valence-corrected chi connectivity index (χ1v) is 11.9.